The topological polar surface area (TPSA) is 497 Å². The molecular formula is C19H34N2O30S5. The maximum atomic E-state index is 12.4. The fraction of sp³-hybridized carbons (Fsp3) is 0.947. The average molecular weight is 931 g/mol. The summed E-state index contributed by atoms with van der Waals surface area (Å²) in [5.41, 5.74) is 0. The van der Waals surface area contributed by atoms with Crippen molar-refractivity contribution in [2.24, 2.45) is 0 Å². The Morgan fingerprint density at radius 2 is 1.05 bits per heavy atom. The second kappa shape index (κ2) is 18.4. The first-order valence-electron chi connectivity index (χ1n) is 14.4. The minimum atomic E-state index is -5.76. The smallest absolute Gasteiger partial charge is 0.397 e. The van der Waals surface area contributed by atoms with Crippen LogP contribution in [0.4, 0.5) is 0 Å². The number of carboxylic acids is 1. The summed E-state index contributed by atoms with van der Waals surface area (Å²) in [7, 11) is -26.5. The van der Waals surface area contributed by atoms with Gasteiger partial charge in [0.05, 0.1) is 13.2 Å². The molecule has 0 saturated carbocycles. The fourth-order valence-corrected chi connectivity index (χ4v) is 7.66. The van der Waals surface area contributed by atoms with E-state index in [0.29, 0.717) is 0 Å². The molecule has 3 saturated heterocycles. The summed E-state index contributed by atoms with van der Waals surface area (Å²) in [5.74, 6) is -2.17. The first-order chi connectivity index (χ1) is 25.3. The number of aliphatic carboxylic acids is 1. The van der Waals surface area contributed by atoms with E-state index < -0.39 is 163 Å². The number of nitrogens with one attached hydrogen (secondary N) is 2. The fourth-order valence-electron chi connectivity index (χ4n) is 5.35. The van der Waals surface area contributed by atoms with Crippen LogP contribution in [0.3, 0.4) is 0 Å². The largest absolute Gasteiger partial charge is 0.479 e. The molecule has 3 heterocycles. The molecule has 3 aliphatic heterocycles. The molecular weight excluding hydrogens is 897 g/mol. The highest BCUT2D eigenvalue weighted by molar-refractivity contribution is 7.84. The zero-order valence-electron chi connectivity index (χ0n) is 27.3. The Hall–Kier alpha value is -1.58. The zero-order valence-corrected chi connectivity index (χ0v) is 31.3. The number of ether oxygens (including phenoxy) is 6. The minimum absolute atomic E-state index is 0.771. The summed E-state index contributed by atoms with van der Waals surface area (Å²) >= 11 is 0. The third-order valence-corrected chi connectivity index (χ3v) is 9.99. The summed E-state index contributed by atoms with van der Waals surface area (Å²) in [6.07, 6.45) is -32.2. The predicted molar refractivity (Wildman–Crippen MR) is 163 cm³/mol. The Morgan fingerprint density at radius 3 is 1.52 bits per heavy atom. The van der Waals surface area contributed by atoms with Crippen molar-refractivity contribution in [3.63, 3.8) is 0 Å². The van der Waals surface area contributed by atoms with Crippen LogP contribution >= 0.6 is 0 Å². The van der Waals surface area contributed by atoms with Crippen molar-refractivity contribution in [3.05, 3.63) is 0 Å². The van der Waals surface area contributed by atoms with Crippen molar-refractivity contribution in [2.75, 3.05) is 20.3 Å². The first-order valence-corrected chi connectivity index (χ1v) is 21.4. The maximum Gasteiger partial charge on any atom is 0.397 e. The summed E-state index contributed by atoms with van der Waals surface area (Å²) in [6, 6.07) is -4.73. The van der Waals surface area contributed by atoms with Crippen LogP contribution in [0.25, 0.3) is 0 Å². The van der Waals surface area contributed by atoms with Crippen LogP contribution in [0.2, 0.25) is 0 Å². The number of aliphatic hydroxyl groups excluding tert-OH is 4. The van der Waals surface area contributed by atoms with Gasteiger partial charge < -0.3 is 54.0 Å². The Bertz CT molecular complexity index is 1930. The molecule has 0 radical (unpaired) electrons. The van der Waals surface area contributed by atoms with Gasteiger partial charge >= 0.3 is 57.8 Å². The molecule has 2 unspecified atom stereocenters. The highest BCUT2D eigenvalue weighted by Crippen LogP contribution is 2.34. The number of hydrogen-bond donors (Lipinski definition) is 12. The first kappa shape index (κ1) is 48.8. The van der Waals surface area contributed by atoms with Gasteiger partial charge in [-0.05, 0) is 0 Å². The molecule has 56 heavy (non-hydrogen) atoms. The normalized spacial score (nSPS) is 37.9. The lowest BCUT2D eigenvalue weighted by Gasteiger charge is -2.48. The van der Waals surface area contributed by atoms with E-state index in [0.717, 1.165) is 7.11 Å². The molecule has 0 aromatic carbocycles. The standard InChI is InChI=1S/C19H34N2O30S5/c1-43-17-7(21-53(31,32)33)13(51-56(40,41)42)12(5(47-17)3-45-55(37,38)39)48-19-11(25)10(24)14(15(50-19)16(26)27)49-18-6(20-52(28,29)30)9(23)8(22)4(46-18)2-44-54(34,35)36/h4-15,17-25H,2-3H2,1H3,(H,26,27)(H,28,29,30)(H,31,32,33)(H,34,35,36)(H,37,38,39)(H,40,41,42)/t4-,5-,6-,7-,8-,9-,10-,11-,12-,13-,14+,15+,17+,18?,19?/m1/s1. The van der Waals surface area contributed by atoms with Gasteiger partial charge in [-0.25, -0.2) is 17.3 Å². The van der Waals surface area contributed by atoms with E-state index in [9.17, 15) is 86.1 Å². The molecule has 0 aliphatic carbocycles. The van der Waals surface area contributed by atoms with Crippen LogP contribution in [0.5, 0.6) is 0 Å². The second-order valence-electron chi connectivity index (χ2n) is 11.4. The van der Waals surface area contributed by atoms with Gasteiger partial charge in [-0.2, -0.15) is 51.5 Å². The molecule has 32 nitrogen and oxygen atoms in total. The predicted octanol–water partition coefficient (Wildman–Crippen LogP) is -8.55. The van der Waals surface area contributed by atoms with Crippen molar-refractivity contribution < 1.29 is 136 Å². The average Bonchev–Trinajstić information content (AvgIpc) is 3.01. The van der Waals surface area contributed by atoms with Crippen LogP contribution < -0.4 is 9.44 Å². The number of hydrogen-bond acceptors (Lipinski definition) is 24. The number of rotatable bonds is 18. The van der Waals surface area contributed by atoms with Gasteiger partial charge in [0.25, 0.3) is 0 Å². The third-order valence-electron chi connectivity index (χ3n) is 7.52. The quantitative estimate of drug-likeness (QED) is 0.0568. The van der Waals surface area contributed by atoms with E-state index in [2.05, 4.69) is 12.5 Å². The van der Waals surface area contributed by atoms with E-state index in [-0.39, 0.29) is 0 Å². The second-order valence-corrected chi connectivity index (χ2v) is 17.0. The van der Waals surface area contributed by atoms with E-state index >= 15 is 0 Å². The van der Waals surface area contributed by atoms with Crippen LogP contribution in [0, 0.1) is 0 Å². The molecule has 0 aromatic rings. The molecule has 3 aliphatic rings. The number of carboxylic acid groups (broad SMARTS) is 1. The molecule has 330 valence electrons. The number of carbonyl (C=O) groups is 1. The Labute approximate surface area is 315 Å². The van der Waals surface area contributed by atoms with Crippen molar-refractivity contribution in [2.45, 2.75) is 92.0 Å². The highest BCUT2D eigenvalue weighted by Gasteiger charge is 2.57. The Kier molecular flexibility index (Phi) is 16.0. The lowest BCUT2D eigenvalue weighted by Crippen LogP contribution is -2.70. The summed E-state index contributed by atoms with van der Waals surface area (Å²) in [4.78, 5) is 12.4. The van der Waals surface area contributed by atoms with Crippen LogP contribution in [0.15, 0.2) is 0 Å². The monoisotopic (exact) mass is 930 g/mol. The van der Waals surface area contributed by atoms with Gasteiger partial charge in [0.2, 0.25) is 0 Å². The molecule has 0 amide bonds. The molecule has 0 spiro atoms. The van der Waals surface area contributed by atoms with Crippen LogP contribution in [-0.4, -0.2) is 209 Å². The summed E-state index contributed by atoms with van der Waals surface area (Å²) in [5, 5.41) is 52.9. The van der Waals surface area contributed by atoms with Crippen molar-refractivity contribution in [3.8, 4) is 0 Å². The lowest BCUT2D eigenvalue weighted by atomic mass is 9.95. The van der Waals surface area contributed by atoms with E-state index in [1.807, 2.05) is 0 Å². The van der Waals surface area contributed by atoms with Gasteiger partial charge in [0, 0.05) is 7.11 Å². The lowest BCUT2D eigenvalue weighted by molar-refractivity contribution is -0.360. The molecule has 0 bridgehead atoms. The van der Waals surface area contributed by atoms with Crippen LogP contribution in [-0.2, 0) is 97.6 Å². The van der Waals surface area contributed by atoms with E-state index in [1.165, 1.54) is 9.44 Å². The van der Waals surface area contributed by atoms with Gasteiger partial charge in [-0.3, -0.25) is 22.8 Å². The Balaban J connectivity index is 2.05. The van der Waals surface area contributed by atoms with Crippen molar-refractivity contribution in [1.82, 2.24) is 9.44 Å². The summed E-state index contributed by atoms with van der Waals surface area (Å²) in [6.45, 7) is -2.80. The molecule has 0 aromatic heterocycles. The van der Waals surface area contributed by atoms with Gasteiger partial charge in [0.15, 0.2) is 25.0 Å². The number of methoxy groups -OCH3 is 1. The van der Waals surface area contributed by atoms with Crippen LogP contribution in [0.1, 0.15) is 0 Å². The van der Waals surface area contributed by atoms with Gasteiger partial charge in [-0.15, -0.1) is 0 Å². The third kappa shape index (κ3) is 14.0. The molecule has 15 atom stereocenters. The molecule has 37 heteroatoms. The van der Waals surface area contributed by atoms with E-state index in [1.54, 1.807) is 0 Å². The Morgan fingerprint density at radius 1 is 0.571 bits per heavy atom. The zero-order chi connectivity index (χ0) is 42.9. The molecule has 3 rings (SSSR count). The molecule has 3 fully saturated rings. The summed E-state index contributed by atoms with van der Waals surface area (Å²) < 4.78 is 208. The van der Waals surface area contributed by atoms with Gasteiger partial charge in [0.1, 0.15) is 67.0 Å². The maximum absolute atomic E-state index is 12.4. The van der Waals surface area contributed by atoms with Gasteiger partial charge in [-0.1, -0.05) is 0 Å². The SMILES string of the molecule is CO[C@H]1O[C@H](COS(=O)(=O)O)[C@@H](OC2O[C@H](C(=O)O)[C@@H](OC3O[C@H](COS(=O)(=O)O)[C@@H](O)[C@H](O)[C@H]3NS(=O)(=O)O)[C@H](O)[C@H]2O)[C@H](OS(=O)(=O)O)[C@H]1NS(=O)(=O)O. The van der Waals surface area contributed by atoms with E-state index in [4.69, 9.17) is 37.5 Å². The minimum Gasteiger partial charge on any atom is -0.479 e. The van der Waals surface area contributed by atoms with Crippen molar-refractivity contribution >= 4 is 57.8 Å². The number of aliphatic hydroxyl groups is 4. The highest BCUT2D eigenvalue weighted by atomic mass is 32.3. The molecule has 12 N–H and O–H groups in total. The van der Waals surface area contributed by atoms with Crippen molar-refractivity contribution in [1.29, 1.82) is 0 Å².